The van der Waals surface area contributed by atoms with Gasteiger partial charge in [-0.25, -0.2) is 0 Å². The van der Waals surface area contributed by atoms with E-state index < -0.39 is 17.8 Å². The summed E-state index contributed by atoms with van der Waals surface area (Å²) in [5.41, 5.74) is 0. The number of hydrogen-bond acceptors (Lipinski definition) is 5. The second-order valence-corrected chi connectivity index (χ2v) is 5.98. The number of rotatable bonds is 4. The number of ether oxygens (including phenoxy) is 1. The second kappa shape index (κ2) is 10.6. The second-order valence-electron chi connectivity index (χ2n) is 5.98. The molecule has 0 spiro atoms. The minimum atomic E-state index is -0.847. The maximum atomic E-state index is 12.1. The lowest BCUT2D eigenvalue weighted by Crippen LogP contribution is -2.36. The van der Waals surface area contributed by atoms with Crippen LogP contribution in [-0.2, 0) is 14.3 Å². The van der Waals surface area contributed by atoms with Crippen molar-refractivity contribution in [2.24, 2.45) is 11.8 Å². The number of carbonyl (C=O) groups excluding carboxylic acids is 1. The van der Waals surface area contributed by atoms with E-state index in [0.29, 0.717) is 12.8 Å². The molecule has 0 aromatic rings. The summed E-state index contributed by atoms with van der Waals surface area (Å²) in [6, 6.07) is 0. The SMILES string of the molecule is O=C(O)C1CCCCC1C(=O)OC1CCCCC1.OCCO. The normalized spacial score (nSPS) is 25.7. The Morgan fingerprint density at radius 1 is 0.818 bits per heavy atom. The van der Waals surface area contributed by atoms with Crippen LogP contribution in [0.4, 0.5) is 0 Å². The van der Waals surface area contributed by atoms with Crippen LogP contribution in [0.25, 0.3) is 0 Å². The van der Waals surface area contributed by atoms with Gasteiger partial charge in [0.1, 0.15) is 6.10 Å². The Morgan fingerprint density at radius 3 is 1.82 bits per heavy atom. The van der Waals surface area contributed by atoms with Gasteiger partial charge in [0.15, 0.2) is 0 Å². The average molecular weight is 316 g/mol. The van der Waals surface area contributed by atoms with Crippen molar-refractivity contribution in [3.63, 3.8) is 0 Å². The number of carbonyl (C=O) groups is 2. The molecule has 2 aliphatic carbocycles. The third kappa shape index (κ3) is 6.32. The highest BCUT2D eigenvalue weighted by Gasteiger charge is 2.37. The quantitative estimate of drug-likeness (QED) is 0.682. The first-order valence-electron chi connectivity index (χ1n) is 8.25. The first kappa shape index (κ1) is 18.9. The highest BCUT2D eigenvalue weighted by atomic mass is 16.5. The number of aliphatic hydroxyl groups is 2. The van der Waals surface area contributed by atoms with E-state index in [2.05, 4.69) is 0 Å². The molecule has 6 heteroatoms. The summed E-state index contributed by atoms with van der Waals surface area (Å²) in [7, 11) is 0. The summed E-state index contributed by atoms with van der Waals surface area (Å²) in [5, 5.41) is 24.4. The van der Waals surface area contributed by atoms with Gasteiger partial charge in [0, 0.05) is 0 Å². The van der Waals surface area contributed by atoms with Crippen molar-refractivity contribution < 1.29 is 29.6 Å². The van der Waals surface area contributed by atoms with Gasteiger partial charge >= 0.3 is 11.9 Å². The third-order valence-electron chi connectivity index (χ3n) is 4.32. The van der Waals surface area contributed by atoms with Crippen LogP contribution in [0, 0.1) is 11.8 Å². The molecule has 0 radical (unpaired) electrons. The van der Waals surface area contributed by atoms with Crippen LogP contribution >= 0.6 is 0 Å². The molecule has 128 valence electrons. The van der Waals surface area contributed by atoms with Crippen LogP contribution in [0.3, 0.4) is 0 Å². The molecular weight excluding hydrogens is 288 g/mol. The fourth-order valence-corrected chi connectivity index (χ4v) is 3.14. The monoisotopic (exact) mass is 316 g/mol. The zero-order valence-electron chi connectivity index (χ0n) is 13.1. The molecule has 0 aromatic heterocycles. The van der Waals surface area contributed by atoms with Crippen LogP contribution in [-0.4, -0.2) is 46.6 Å². The maximum Gasteiger partial charge on any atom is 0.310 e. The van der Waals surface area contributed by atoms with Gasteiger partial charge < -0.3 is 20.1 Å². The van der Waals surface area contributed by atoms with Gasteiger partial charge in [-0.05, 0) is 38.5 Å². The van der Waals surface area contributed by atoms with Crippen molar-refractivity contribution in [1.82, 2.24) is 0 Å². The lowest BCUT2D eigenvalue weighted by molar-refractivity contribution is -0.164. The summed E-state index contributed by atoms with van der Waals surface area (Å²) in [6.45, 7) is -0.250. The van der Waals surface area contributed by atoms with Gasteiger partial charge in [-0.1, -0.05) is 19.3 Å². The van der Waals surface area contributed by atoms with E-state index in [-0.39, 0.29) is 25.3 Å². The van der Waals surface area contributed by atoms with Crippen molar-refractivity contribution >= 4 is 11.9 Å². The summed E-state index contributed by atoms with van der Waals surface area (Å²) in [5.74, 6) is -2.07. The summed E-state index contributed by atoms with van der Waals surface area (Å²) in [6.07, 6.45) is 8.49. The van der Waals surface area contributed by atoms with Crippen molar-refractivity contribution in [2.75, 3.05) is 13.2 Å². The molecule has 6 nitrogen and oxygen atoms in total. The van der Waals surface area contributed by atoms with Crippen molar-refractivity contribution in [2.45, 2.75) is 63.9 Å². The van der Waals surface area contributed by atoms with Crippen LogP contribution < -0.4 is 0 Å². The van der Waals surface area contributed by atoms with Crippen molar-refractivity contribution in [1.29, 1.82) is 0 Å². The van der Waals surface area contributed by atoms with Gasteiger partial charge in [-0.15, -0.1) is 0 Å². The minimum absolute atomic E-state index is 0.0302. The van der Waals surface area contributed by atoms with E-state index in [1.54, 1.807) is 0 Å². The third-order valence-corrected chi connectivity index (χ3v) is 4.32. The lowest BCUT2D eigenvalue weighted by atomic mass is 9.79. The Labute approximate surface area is 131 Å². The molecule has 2 unspecified atom stereocenters. The summed E-state index contributed by atoms with van der Waals surface area (Å²) >= 11 is 0. The highest BCUT2D eigenvalue weighted by Crippen LogP contribution is 2.32. The minimum Gasteiger partial charge on any atom is -0.481 e. The number of aliphatic hydroxyl groups excluding tert-OH is 2. The Hall–Kier alpha value is -1.14. The standard InChI is InChI=1S/C14H22O4.C2H6O2/c15-13(16)11-8-4-5-9-12(11)14(17)18-10-6-2-1-3-7-10;3-1-2-4/h10-12H,1-9H2,(H,15,16);3-4H,1-2H2. The number of carboxylic acids is 1. The molecule has 0 bridgehead atoms. The van der Waals surface area contributed by atoms with Crippen LogP contribution in [0.15, 0.2) is 0 Å². The zero-order chi connectivity index (χ0) is 16.4. The smallest absolute Gasteiger partial charge is 0.310 e. The van der Waals surface area contributed by atoms with E-state index in [4.69, 9.17) is 20.1 Å². The molecule has 0 heterocycles. The first-order chi connectivity index (χ1) is 10.6. The molecule has 0 saturated heterocycles. The molecular formula is C16H28O6. The predicted octanol–water partition coefficient (Wildman–Crippen LogP) is 1.72. The van der Waals surface area contributed by atoms with Gasteiger partial charge in [-0.2, -0.15) is 0 Å². The number of hydrogen-bond donors (Lipinski definition) is 3. The van der Waals surface area contributed by atoms with E-state index in [1.165, 1.54) is 6.42 Å². The van der Waals surface area contributed by atoms with Crippen molar-refractivity contribution in [3.05, 3.63) is 0 Å². The van der Waals surface area contributed by atoms with E-state index in [9.17, 15) is 9.59 Å². The molecule has 0 aliphatic heterocycles. The molecule has 0 amide bonds. The molecule has 2 saturated carbocycles. The first-order valence-corrected chi connectivity index (χ1v) is 8.25. The van der Waals surface area contributed by atoms with Crippen LogP contribution in [0.2, 0.25) is 0 Å². The summed E-state index contributed by atoms with van der Waals surface area (Å²) < 4.78 is 5.51. The maximum absolute atomic E-state index is 12.1. The number of aliphatic carboxylic acids is 1. The van der Waals surface area contributed by atoms with Crippen LogP contribution in [0.1, 0.15) is 57.8 Å². The van der Waals surface area contributed by atoms with Gasteiger partial charge in [0.2, 0.25) is 0 Å². The molecule has 2 fully saturated rings. The Balaban J connectivity index is 0.000000541. The van der Waals surface area contributed by atoms with Gasteiger partial charge in [0.25, 0.3) is 0 Å². The Bertz CT molecular complexity index is 336. The lowest BCUT2D eigenvalue weighted by Gasteiger charge is -2.29. The molecule has 0 aromatic carbocycles. The van der Waals surface area contributed by atoms with Crippen molar-refractivity contribution in [3.8, 4) is 0 Å². The highest BCUT2D eigenvalue weighted by molar-refractivity contribution is 5.81. The largest absolute Gasteiger partial charge is 0.481 e. The predicted molar refractivity (Wildman–Crippen MR) is 80.2 cm³/mol. The zero-order valence-corrected chi connectivity index (χ0v) is 13.1. The Kier molecular flexibility index (Phi) is 9.08. The molecule has 2 aliphatic rings. The summed E-state index contributed by atoms with van der Waals surface area (Å²) in [4.78, 5) is 23.2. The molecule has 22 heavy (non-hydrogen) atoms. The van der Waals surface area contributed by atoms with Gasteiger partial charge in [0.05, 0.1) is 25.0 Å². The number of esters is 1. The molecule has 3 N–H and O–H groups in total. The van der Waals surface area contributed by atoms with E-state index in [0.717, 1.165) is 38.5 Å². The van der Waals surface area contributed by atoms with Crippen LogP contribution in [0.5, 0.6) is 0 Å². The fourth-order valence-electron chi connectivity index (χ4n) is 3.14. The molecule has 2 rings (SSSR count). The molecule has 2 atom stereocenters. The Morgan fingerprint density at radius 2 is 1.32 bits per heavy atom. The average Bonchev–Trinajstić information content (AvgIpc) is 2.56. The fraction of sp³-hybridized carbons (Fsp3) is 0.875. The van der Waals surface area contributed by atoms with E-state index >= 15 is 0 Å². The topological polar surface area (TPSA) is 104 Å². The number of carboxylic acid groups (broad SMARTS) is 1. The van der Waals surface area contributed by atoms with E-state index in [1.807, 2.05) is 0 Å². The van der Waals surface area contributed by atoms with Gasteiger partial charge in [-0.3, -0.25) is 9.59 Å².